The van der Waals surface area contributed by atoms with Crippen LogP contribution in [0.5, 0.6) is 5.75 Å². The number of aryl methyl sites for hydroxylation is 2. The highest BCUT2D eigenvalue weighted by Crippen LogP contribution is 2.14. The minimum absolute atomic E-state index is 0.344. The van der Waals surface area contributed by atoms with E-state index < -0.39 is 37.0 Å². The Morgan fingerprint density at radius 2 is 1.65 bits per heavy atom. The third kappa shape index (κ3) is 7.81. The van der Waals surface area contributed by atoms with E-state index in [2.05, 4.69) is 16.0 Å². The van der Waals surface area contributed by atoms with Crippen molar-refractivity contribution >= 4 is 29.5 Å². The number of urea groups is 1. The van der Waals surface area contributed by atoms with E-state index in [-0.39, 0.29) is 0 Å². The number of ether oxygens (including phenoxy) is 2. The molecule has 0 saturated carbocycles. The summed E-state index contributed by atoms with van der Waals surface area (Å²) in [5, 5.41) is 6.97. The zero-order chi connectivity index (χ0) is 22.8. The van der Waals surface area contributed by atoms with Crippen molar-refractivity contribution < 1.29 is 28.7 Å². The van der Waals surface area contributed by atoms with Crippen LogP contribution in [-0.4, -0.2) is 43.6 Å². The molecule has 0 fully saturated rings. The molecular formula is C22H25N3O6. The molecule has 0 bridgehead atoms. The molecule has 0 atom stereocenters. The van der Waals surface area contributed by atoms with Crippen LogP contribution in [0.15, 0.2) is 42.5 Å². The van der Waals surface area contributed by atoms with Crippen LogP contribution in [0.25, 0.3) is 0 Å². The summed E-state index contributed by atoms with van der Waals surface area (Å²) in [6, 6.07) is 11.0. The maximum atomic E-state index is 12.0. The molecule has 9 heteroatoms. The van der Waals surface area contributed by atoms with Crippen LogP contribution in [-0.2, 0) is 14.3 Å². The molecule has 0 aromatic heterocycles. The van der Waals surface area contributed by atoms with Gasteiger partial charge in [-0.15, -0.1) is 0 Å². The Hall–Kier alpha value is -3.88. The van der Waals surface area contributed by atoms with Gasteiger partial charge in [-0.2, -0.15) is 0 Å². The van der Waals surface area contributed by atoms with Crippen LogP contribution in [0.4, 0.5) is 10.5 Å². The van der Waals surface area contributed by atoms with Crippen molar-refractivity contribution in [3.8, 4) is 5.75 Å². The predicted molar refractivity (Wildman–Crippen MR) is 114 cm³/mol. The van der Waals surface area contributed by atoms with Gasteiger partial charge in [-0.05, 0) is 68.3 Å². The highest BCUT2D eigenvalue weighted by Gasteiger charge is 2.13. The molecule has 3 N–H and O–H groups in total. The average Bonchev–Trinajstić information content (AvgIpc) is 2.74. The standard InChI is InChI=1S/C22H25N3O6/c1-4-30-18-9-6-16(7-10-18)21(28)23-12-20(27)31-13-19(26)25-22(29)24-17-8-5-14(2)15(3)11-17/h5-11H,4,12-13H2,1-3H3,(H,23,28)(H2,24,25,26,29). The van der Waals surface area contributed by atoms with Crippen LogP contribution in [0, 0.1) is 13.8 Å². The maximum absolute atomic E-state index is 12.0. The molecule has 0 aliphatic rings. The first-order valence-corrected chi connectivity index (χ1v) is 9.63. The lowest BCUT2D eigenvalue weighted by Gasteiger charge is -2.09. The van der Waals surface area contributed by atoms with Crippen molar-refractivity contribution in [3.63, 3.8) is 0 Å². The summed E-state index contributed by atoms with van der Waals surface area (Å²) in [5.41, 5.74) is 2.94. The fraction of sp³-hybridized carbons (Fsp3) is 0.273. The molecule has 2 rings (SSSR count). The van der Waals surface area contributed by atoms with Crippen molar-refractivity contribution in [2.24, 2.45) is 0 Å². The number of imide groups is 1. The summed E-state index contributed by atoms with van der Waals surface area (Å²) in [6.07, 6.45) is 0. The number of nitrogens with one attached hydrogen (secondary N) is 3. The van der Waals surface area contributed by atoms with Crippen molar-refractivity contribution in [1.82, 2.24) is 10.6 Å². The predicted octanol–water partition coefficient (Wildman–Crippen LogP) is 2.32. The molecule has 31 heavy (non-hydrogen) atoms. The van der Waals surface area contributed by atoms with Gasteiger partial charge >= 0.3 is 12.0 Å². The number of carbonyl (C=O) groups excluding carboxylic acids is 4. The molecule has 0 spiro atoms. The number of hydrogen-bond acceptors (Lipinski definition) is 6. The molecule has 9 nitrogen and oxygen atoms in total. The van der Waals surface area contributed by atoms with Gasteiger partial charge in [0.15, 0.2) is 6.61 Å². The summed E-state index contributed by atoms with van der Waals surface area (Å²) in [6.45, 7) is 5.13. The molecule has 2 aromatic carbocycles. The largest absolute Gasteiger partial charge is 0.494 e. The maximum Gasteiger partial charge on any atom is 0.325 e. The number of rotatable bonds is 8. The third-order valence-corrected chi connectivity index (χ3v) is 4.20. The van der Waals surface area contributed by atoms with Gasteiger partial charge in [0.05, 0.1) is 6.61 Å². The second-order valence-electron chi connectivity index (χ2n) is 6.60. The fourth-order valence-corrected chi connectivity index (χ4v) is 2.47. The van der Waals surface area contributed by atoms with E-state index in [0.29, 0.717) is 23.6 Å². The fourth-order valence-electron chi connectivity index (χ4n) is 2.47. The highest BCUT2D eigenvalue weighted by atomic mass is 16.5. The van der Waals surface area contributed by atoms with Gasteiger partial charge in [0.25, 0.3) is 11.8 Å². The zero-order valence-corrected chi connectivity index (χ0v) is 17.6. The minimum atomic E-state index is -0.816. The lowest BCUT2D eigenvalue weighted by Crippen LogP contribution is -2.38. The number of hydrogen-bond donors (Lipinski definition) is 3. The van der Waals surface area contributed by atoms with Gasteiger partial charge in [0, 0.05) is 11.3 Å². The lowest BCUT2D eigenvalue weighted by molar-refractivity contribution is -0.147. The van der Waals surface area contributed by atoms with E-state index in [1.54, 1.807) is 36.4 Å². The van der Waals surface area contributed by atoms with E-state index in [0.717, 1.165) is 11.1 Å². The number of carbonyl (C=O) groups is 4. The van der Waals surface area contributed by atoms with Gasteiger partial charge in [0.1, 0.15) is 12.3 Å². The Morgan fingerprint density at radius 3 is 2.29 bits per heavy atom. The molecule has 4 amide bonds. The van der Waals surface area contributed by atoms with Crippen molar-refractivity contribution in [1.29, 1.82) is 0 Å². The van der Waals surface area contributed by atoms with Crippen molar-refractivity contribution in [2.75, 3.05) is 25.1 Å². The Balaban J connectivity index is 1.70. The summed E-state index contributed by atoms with van der Waals surface area (Å²) < 4.78 is 10.1. The molecular weight excluding hydrogens is 402 g/mol. The molecule has 0 heterocycles. The molecule has 0 radical (unpaired) electrons. The lowest BCUT2D eigenvalue weighted by atomic mass is 10.1. The van der Waals surface area contributed by atoms with Gasteiger partial charge in [-0.3, -0.25) is 19.7 Å². The Kier molecular flexibility index (Phi) is 8.56. The Morgan fingerprint density at radius 1 is 0.935 bits per heavy atom. The van der Waals surface area contributed by atoms with Crippen LogP contribution in [0.2, 0.25) is 0 Å². The summed E-state index contributed by atoms with van der Waals surface area (Å²) in [5.74, 6) is -1.46. The first-order chi connectivity index (χ1) is 14.8. The first-order valence-electron chi connectivity index (χ1n) is 9.63. The number of amides is 4. The van der Waals surface area contributed by atoms with Gasteiger partial charge < -0.3 is 20.1 Å². The van der Waals surface area contributed by atoms with Crippen molar-refractivity contribution in [3.05, 3.63) is 59.2 Å². The van der Waals surface area contributed by atoms with Gasteiger partial charge in [0.2, 0.25) is 0 Å². The first kappa shape index (κ1) is 23.4. The quantitative estimate of drug-likeness (QED) is 0.556. The normalized spacial score (nSPS) is 10.0. The third-order valence-electron chi connectivity index (χ3n) is 4.20. The molecule has 0 aliphatic carbocycles. The van der Waals surface area contributed by atoms with Crippen LogP contribution in [0.3, 0.4) is 0 Å². The summed E-state index contributed by atoms with van der Waals surface area (Å²) in [4.78, 5) is 47.4. The second kappa shape index (κ2) is 11.3. The zero-order valence-electron chi connectivity index (χ0n) is 17.6. The van der Waals surface area contributed by atoms with E-state index in [4.69, 9.17) is 9.47 Å². The van der Waals surface area contributed by atoms with Crippen LogP contribution < -0.4 is 20.7 Å². The van der Waals surface area contributed by atoms with Gasteiger partial charge in [-0.1, -0.05) is 6.07 Å². The SMILES string of the molecule is CCOc1ccc(C(=O)NCC(=O)OCC(=O)NC(=O)Nc2ccc(C)c(C)c2)cc1. The molecule has 164 valence electrons. The molecule has 0 aliphatic heterocycles. The summed E-state index contributed by atoms with van der Waals surface area (Å²) in [7, 11) is 0. The molecule has 2 aromatic rings. The Labute approximate surface area is 180 Å². The van der Waals surface area contributed by atoms with Crippen molar-refractivity contribution in [2.45, 2.75) is 20.8 Å². The number of esters is 1. The number of anilines is 1. The second-order valence-corrected chi connectivity index (χ2v) is 6.60. The highest BCUT2D eigenvalue weighted by molar-refractivity contribution is 6.02. The summed E-state index contributed by atoms with van der Waals surface area (Å²) >= 11 is 0. The smallest absolute Gasteiger partial charge is 0.325 e. The number of benzene rings is 2. The van der Waals surface area contributed by atoms with Crippen LogP contribution >= 0.6 is 0 Å². The minimum Gasteiger partial charge on any atom is -0.494 e. The topological polar surface area (TPSA) is 123 Å². The molecule has 0 unspecified atom stereocenters. The average molecular weight is 427 g/mol. The van der Waals surface area contributed by atoms with E-state index in [1.165, 1.54) is 0 Å². The van der Waals surface area contributed by atoms with Crippen LogP contribution in [0.1, 0.15) is 28.4 Å². The van der Waals surface area contributed by atoms with E-state index in [1.807, 2.05) is 26.8 Å². The van der Waals surface area contributed by atoms with E-state index >= 15 is 0 Å². The molecule has 0 saturated heterocycles. The monoisotopic (exact) mass is 427 g/mol. The van der Waals surface area contributed by atoms with E-state index in [9.17, 15) is 19.2 Å². The van der Waals surface area contributed by atoms with Gasteiger partial charge in [-0.25, -0.2) is 4.79 Å². The Bertz CT molecular complexity index is 956.